The molecule has 0 N–H and O–H groups in total. The number of aryl methyl sites for hydroxylation is 1. The average Bonchev–Trinajstić information content (AvgIpc) is 3.06. The highest BCUT2D eigenvalue weighted by Gasteiger charge is 2.20. The van der Waals surface area contributed by atoms with Crippen molar-refractivity contribution < 1.29 is 9.59 Å². The minimum Gasteiger partial charge on any atom is -0.313 e. The molecule has 148 valence electrons. The molecule has 7 heteroatoms. The van der Waals surface area contributed by atoms with Crippen molar-refractivity contribution in [2.45, 2.75) is 32.2 Å². The topological polar surface area (TPSA) is 51.4 Å². The molecule has 1 heterocycles. The van der Waals surface area contributed by atoms with Crippen LogP contribution < -0.4 is 4.80 Å². The molecule has 0 saturated heterocycles. The zero-order chi connectivity index (χ0) is 20.4. The van der Waals surface area contributed by atoms with E-state index in [1.807, 2.05) is 16.7 Å². The quantitative estimate of drug-likeness (QED) is 0.456. The van der Waals surface area contributed by atoms with Gasteiger partial charge in [0.05, 0.1) is 6.54 Å². The minimum atomic E-state index is -0.302. The Hall–Kier alpha value is -2.02. The highest BCUT2D eigenvalue weighted by molar-refractivity contribution is 9.10. The first-order chi connectivity index (χ1) is 14.0. The lowest BCUT2D eigenvalue weighted by molar-refractivity contribution is 0.0961. The summed E-state index contributed by atoms with van der Waals surface area (Å²) in [5.74, 6) is -0.325. The van der Waals surface area contributed by atoms with Crippen LogP contribution in [-0.2, 0) is 19.4 Å². The SMILES string of the molecule is O=C(Cn1c2c(sc1=NC(=O)c1ccc(Br)cc1)CCCC2)c1ccc(Cl)cc1. The number of halogens is 2. The number of nitrogens with zero attached hydrogens (tertiary/aromatic N) is 2. The fourth-order valence-electron chi connectivity index (χ4n) is 3.40. The number of hydrogen-bond acceptors (Lipinski definition) is 3. The Balaban J connectivity index is 1.71. The smallest absolute Gasteiger partial charge is 0.279 e. The van der Waals surface area contributed by atoms with Gasteiger partial charge >= 0.3 is 0 Å². The second kappa shape index (κ2) is 8.78. The largest absolute Gasteiger partial charge is 0.313 e. The van der Waals surface area contributed by atoms with Crippen LogP contribution in [0.4, 0.5) is 0 Å². The molecule has 0 fully saturated rings. The molecule has 0 aliphatic heterocycles. The number of amides is 1. The molecule has 0 unspecified atom stereocenters. The second-order valence-electron chi connectivity index (χ2n) is 6.90. The van der Waals surface area contributed by atoms with Crippen LogP contribution in [0.5, 0.6) is 0 Å². The Labute approximate surface area is 186 Å². The number of ketones is 1. The van der Waals surface area contributed by atoms with Crippen molar-refractivity contribution in [1.82, 2.24) is 4.57 Å². The van der Waals surface area contributed by atoms with Crippen molar-refractivity contribution in [1.29, 1.82) is 0 Å². The number of rotatable bonds is 4. The van der Waals surface area contributed by atoms with E-state index in [-0.39, 0.29) is 18.2 Å². The van der Waals surface area contributed by atoms with Crippen molar-refractivity contribution in [2.24, 2.45) is 4.99 Å². The maximum absolute atomic E-state index is 12.9. The average molecular weight is 490 g/mol. The maximum Gasteiger partial charge on any atom is 0.279 e. The molecule has 1 aromatic heterocycles. The third-order valence-corrected chi connectivity index (χ3v) is 6.88. The third kappa shape index (κ3) is 4.60. The van der Waals surface area contributed by atoms with Crippen LogP contribution in [0.1, 0.15) is 44.1 Å². The standard InChI is InChI=1S/C22H18BrClN2O2S/c23-16-9-5-15(6-10-16)21(28)25-22-26(18-3-1-2-4-20(18)29-22)13-19(27)14-7-11-17(24)12-8-14/h5-12H,1-4,13H2. The van der Waals surface area contributed by atoms with Gasteiger partial charge in [-0.15, -0.1) is 11.3 Å². The van der Waals surface area contributed by atoms with E-state index in [2.05, 4.69) is 20.9 Å². The first-order valence-corrected chi connectivity index (χ1v) is 11.3. The summed E-state index contributed by atoms with van der Waals surface area (Å²) in [6.07, 6.45) is 4.08. The van der Waals surface area contributed by atoms with Crippen LogP contribution in [0.3, 0.4) is 0 Å². The predicted molar refractivity (Wildman–Crippen MR) is 119 cm³/mol. The highest BCUT2D eigenvalue weighted by Crippen LogP contribution is 2.24. The minimum absolute atomic E-state index is 0.0228. The number of benzene rings is 2. The molecule has 4 rings (SSSR count). The van der Waals surface area contributed by atoms with E-state index in [1.165, 1.54) is 16.2 Å². The maximum atomic E-state index is 12.9. The van der Waals surface area contributed by atoms with Gasteiger partial charge in [-0.1, -0.05) is 27.5 Å². The number of Topliss-reactive ketones (excluding diaryl/α,β-unsaturated/α-hetero) is 1. The lowest BCUT2D eigenvalue weighted by Gasteiger charge is -2.14. The second-order valence-corrected chi connectivity index (χ2v) is 9.32. The Morgan fingerprint density at radius 1 is 1.00 bits per heavy atom. The lowest BCUT2D eigenvalue weighted by Crippen LogP contribution is -2.24. The first-order valence-electron chi connectivity index (χ1n) is 9.36. The van der Waals surface area contributed by atoms with E-state index in [0.717, 1.165) is 35.8 Å². The van der Waals surface area contributed by atoms with Gasteiger partial charge in [0.1, 0.15) is 0 Å². The Morgan fingerprint density at radius 2 is 1.66 bits per heavy atom. The van der Waals surface area contributed by atoms with Crippen molar-refractivity contribution in [3.05, 3.63) is 84.5 Å². The molecule has 0 bridgehead atoms. The molecule has 1 amide bonds. The van der Waals surface area contributed by atoms with Gasteiger partial charge in [-0.25, -0.2) is 0 Å². The van der Waals surface area contributed by atoms with E-state index < -0.39 is 0 Å². The molecule has 1 aliphatic carbocycles. The monoisotopic (exact) mass is 488 g/mol. The zero-order valence-corrected chi connectivity index (χ0v) is 18.7. The van der Waals surface area contributed by atoms with Gasteiger partial charge in [0, 0.05) is 31.2 Å². The fraction of sp³-hybridized carbons (Fsp3) is 0.227. The Morgan fingerprint density at radius 3 is 2.38 bits per heavy atom. The summed E-state index contributed by atoms with van der Waals surface area (Å²) in [7, 11) is 0. The summed E-state index contributed by atoms with van der Waals surface area (Å²) in [5, 5.41) is 0.595. The van der Waals surface area contributed by atoms with Gasteiger partial charge in [-0.3, -0.25) is 9.59 Å². The Bertz CT molecular complexity index is 1130. The van der Waals surface area contributed by atoms with Crippen LogP contribution >= 0.6 is 38.9 Å². The van der Waals surface area contributed by atoms with Gasteiger partial charge < -0.3 is 4.57 Å². The highest BCUT2D eigenvalue weighted by atomic mass is 79.9. The fourth-order valence-corrected chi connectivity index (χ4v) is 5.00. The summed E-state index contributed by atoms with van der Waals surface area (Å²) in [5.41, 5.74) is 2.25. The van der Waals surface area contributed by atoms with E-state index >= 15 is 0 Å². The number of aromatic nitrogens is 1. The lowest BCUT2D eigenvalue weighted by atomic mass is 10.0. The van der Waals surface area contributed by atoms with E-state index in [4.69, 9.17) is 11.6 Å². The molecule has 0 spiro atoms. The summed E-state index contributed by atoms with van der Waals surface area (Å²) >= 11 is 10.8. The third-order valence-electron chi connectivity index (χ3n) is 4.92. The summed E-state index contributed by atoms with van der Waals surface area (Å²) in [6, 6.07) is 14.0. The molecule has 3 aromatic rings. The molecule has 1 aliphatic rings. The number of carbonyl (C=O) groups is 2. The van der Waals surface area contributed by atoms with Crippen molar-refractivity contribution in [3.8, 4) is 0 Å². The van der Waals surface area contributed by atoms with Crippen LogP contribution in [0.25, 0.3) is 0 Å². The summed E-state index contributed by atoms with van der Waals surface area (Å²) in [4.78, 5) is 31.8. The van der Waals surface area contributed by atoms with Crippen LogP contribution in [0.15, 0.2) is 58.0 Å². The Kier molecular flexibility index (Phi) is 6.13. The van der Waals surface area contributed by atoms with E-state index in [0.29, 0.717) is 21.0 Å². The molecule has 0 atom stereocenters. The van der Waals surface area contributed by atoms with Crippen LogP contribution in [-0.4, -0.2) is 16.3 Å². The number of fused-ring (bicyclic) bond motifs is 1. The number of thiazole rings is 1. The molecule has 0 saturated carbocycles. The molecule has 29 heavy (non-hydrogen) atoms. The predicted octanol–water partition coefficient (Wildman–Crippen LogP) is 5.47. The summed E-state index contributed by atoms with van der Waals surface area (Å²) < 4.78 is 2.83. The molecule has 4 nitrogen and oxygen atoms in total. The first kappa shape index (κ1) is 20.3. The number of hydrogen-bond donors (Lipinski definition) is 0. The van der Waals surface area contributed by atoms with E-state index in [9.17, 15) is 9.59 Å². The normalized spacial score (nSPS) is 13.9. The van der Waals surface area contributed by atoms with Crippen molar-refractivity contribution in [2.75, 3.05) is 0 Å². The van der Waals surface area contributed by atoms with Crippen molar-refractivity contribution >= 4 is 50.6 Å². The van der Waals surface area contributed by atoms with Gasteiger partial charge in [0.25, 0.3) is 5.91 Å². The van der Waals surface area contributed by atoms with Crippen LogP contribution in [0.2, 0.25) is 5.02 Å². The molecular weight excluding hydrogens is 472 g/mol. The van der Waals surface area contributed by atoms with Gasteiger partial charge in [0.15, 0.2) is 10.6 Å². The molecular formula is C22H18BrClN2O2S. The van der Waals surface area contributed by atoms with Crippen LogP contribution in [0, 0.1) is 0 Å². The van der Waals surface area contributed by atoms with Gasteiger partial charge in [-0.2, -0.15) is 4.99 Å². The summed E-state index contributed by atoms with van der Waals surface area (Å²) in [6.45, 7) is 0.167. The van der Waals surface area contributed by atoms with E-state index in [1.54, 1.807) is 36.4 Å². The van der Waals surface area contributed by atoms with Gasteiger partial charge in [0.2, 0.25) is 0 Å². The molecule has 2 aromatic carbocycles. The van der Waals surface area contributed by atoms with Crippen molar-refractivity contribution in [3.63, 3.8) is 0 Å². The molecule has 0 radical (unpaired) electrons. The van der Waals surface area contributed by atoms with Gasteiger partial charge in [-0.05, 0) is 74.2 Å². The number of carbonyl (C=O) groups excluding carboxylic acids is 2. The zero-order valence-electron chi connectivity index (χ0n) is 15.5.